The Morgan fingerprint density at radius 1 is 0.333 bits per heavy atom. The summed E-state index contributed by atoms with van der Waals surface area (Å²) < 4.78 is 10.5. The van der Waals surface area contributed by atoms with E-state index in [0.717, 1.165) is 51.9 Å². The van der Waals surface area contributed by atoms with E-state index < -0.39 is 0 Å². The van der Waals surface area contributed by atoms with Crippen LogP contribution in [0.2, 0.25) is 0 Å². The van der Waals surface area contributed by atoms with E-state index >= 15 is 0 Å². The second kappa shape index (κ2) is 21.7. The minimum absolute atomic E-state index is 0.00900. The average Bonchev–Trinajstić information content (AvgIpc) is 1.47. The molecule has 0 amide bonds. The maximum atomic E-state index is 2.69. The fourth-order valence-corrected chi connectivity index (χ4v) is 20.0. The molecule has 0 spiro atoms. The molecule has 4 aliphatic rings. The summed E-state index contributed by atoms with van der Waals surface area (Å²) in [6.07, 6.45) is 0.737. The van der Waals surface area contributed by atoms with Gasteiger partial charge in [0.2, 0.25) is 13.4 Å². The summed E-state index contributed by atoms with van der Waals surface area (Å²) in [6.45, 7) is 7.21. The summed E-state index contributed by atoms with van der Waals surface area (Å²) >= 11 is 1.93. The van der Waals surface area contributed by atoms with Crippen molar-refractivity contribution in [3.05, 3.63) is 349 Å². The van der Waals surface area contributed by atoms with Gasteiger partial charge in [0.15, 0.2) is 0 Å². The zero-order valence-electron chi connectivity index (χ0n) is 56.6. The van der Waals surface area contributed by atoms with E-state index in [1.165, 1.54) is 147 Å². The van der Waals surface area contributed by atoms with Gasteiger partial charge in [-0.2, -0.15) is 0 Å². The highest BCUT2D eigenvalue weighted by Gasteiger charge is 2.47. The summed E-state index contributed by atoms with van der Waals surface area (Å²) in [5, 5.41) is 4.90. The molecule has 4 aromatic heterocycles. The molecular weight excluding hydrogens is 1250 g/mol. The molecule has 0 bridgehead atoms. The number of anilines is 6. The summed E-state index contributed by atoms with van der Waals surface area (Å²) in [4.78, 5) is 7.62. The molecule has 9 heteroatoms. The second-order valence-corrected chi connectivity index (χ2v) is 29.8. The Balaban J connectivity index is 0.758. The Morgan fingerprint density at radius 3 is 1.33 bits per heavy atom. The number of hydrogen-bond acceptors (Lipinski definition) is 3. The quantitative estimate of drug-likeness (QED) is 0.128. The first-order valence-corrected chi connectivity index (χ1v) is 36.5. The summed E-state index contributed by atoms with van der Waals surface area (Å²) in [7, 11) is 0. The standard InChI is InChI=1S/C93H64B2N6S/c1-58-53-70-85-79(54-58)100-87-67-37-19-24-42-75(67)98(64-33-15-7-16-34-64)91(87)84-78(51-49-73(89(84)100)94(85)71-40-22-21-39-69(71)93(70,2)3)97(63-31-13-6-14-32-63)66-47-45-59(46-48-66)55-60-56-80-86-82(57-60)102-81-44-26-23-41-72(81)95(86)74-50-52-77(96(61-27-9-4-10-28-61)62-29-11-5-12-30-62)83-90(74)101(80)88-68-38-20-25-43-76(68)99(92(83)88)65-35-17-8-18-36-65/h4-54,56-57H,55H2,1-3H3. The van der Waals surface area contributed by atoms with Crippen molar-refractivity contribution < 1.29 is 0 Å². The van der Waals surface area contributed by atoms with Gasteiger partial charge in [-0.1, -0.05) is 237 Å². The molecule has 0 unspecified atom stereocenters. The van der Waals surface area contributed by atoms with Crippen molar-refractivity contribution in [1.29, 1.82) is 0 Å². The lowest BCUT2D eigenvalue weighted by Gasteiger charge is -2.42. The Bertz CT molecular complexity index is 6510. The van der Waals surface area contributed by atoms with Crippen molar-refractivity contribution >= 4 is 158 Å². The van der Waals surface area contributed by atoms with Crippen molar-refractivity contribution in [2.75, 3.05) is 9.80 Å². The van der Waals surface area contributed by atoms with Crippen LogP contribution in [-0.2, 0) is 11.8 Å². The van der Waals surface area contributed by atoms with Crippen LogP contribution in [0, 0.1) is 6.92 Å². The molecule has 6 nitrogen and oxygen atoms in total. The van der Waals surface area contributed by atoms with Crippen molar-refractivity contribution in [3.8, 4) is 22.7 Å². The molecular formula is C93H64B2N6S. The Hall–Kier alpha value is -12.2. The lowest BCUT2D eigenvalue weighted by molar-refractivity contribution is 0.645. The van der Waals surface area contributed by atoms with E-state index in [1.54, 1.807) is 0 Å². The van der Waals surface area contributed by atoms with Crippen LogP contribution < -0.4 is 42.6 Å². The van der Waals surface area contributed by atoms with E-state index in [-0.39, 0.29) is 18.8 Å². The van der Waals surface area contributed by atoms with Gasteiger partial charge in [0.25, 0.3) is 0 Å². The van der Waals surface area contributed by atoms with Crippen molar-refractivity contribution in [2.24, 2.45) is 0 Å². The van der Waals surface area contributed by atoms with Crippen molar-refractivity contribution in [1.82, 2.24) is 18.3 Å². The van der Waals surface area contributed by atoms with Crippen LogP contribution in [0.25, 0.3) is 88.4 Å². The lowest BCUT2D eigenvalue weighted by atomic mass is 9.30. The molecule has 0 radical (unpaired) electrons. The SMILES string of the molecule is Cc1cc2c3c(c1)C(C)(C)c1ccccc1B3c1ccc(N(c3ccccc3)c3ccc(Cc4cc5c6c(c4)-n4c7c(ccc(N(c8ccccc8)c8ccccc8)c7c7c4c4ccccc4n7-c4ccccc4)B6c4ccccc4S5)cc3)c3c1n-2c1c2ccccc2n(-c2ccccc2)c31. The molecule has 0 atom stereocenters. The van der Waals surface area contributed by atoms with Crippen LogP contribution in [0.3, 0.4) is 0 Å². The molecule has 14 aromatic carbocycles. The van der Waals surface area contributed by atoms with Crippen LogP contribution in [0.5, 0.6) is 0 Å². The maximum Gasteiger partial charge on any atom is 0.249 e. The lowest BCUT2D eigenvalue weighted by Crippen LogP contribution is -2.63. The predicted octanol–water partition coefficient (Wildman–Crippen LogP) is 19.4. The summed E-state index contributed by atoms with van der Waals surface area (Å²) in [5.74, 6) is 0. The van der Waals surface area contributed by atoms with E-state index in [0.29, 0.717) is 0 Å². The zero-order valence-corrected chi connectivity index (χ0v) is 57.4. The first-order valence-electron chi connectivity index (χ1n) is 35.7. The van der Waals surface area contributed by atoms with E-state index in [4.69, 9.17) is 0 Å². The first kappa shape index (κ1) is 57.7. The van der Waals surface area contributed by atoms with Gasteiger partial charge >= 0.3 is 0 Å². The molecule has 0 fully saturated rings. The van der Waals surface area contributed by atoms with E-state index in [9.17, 15) is 0 Å². The minimum atomic E-state index is -0.204. The second-order valence-electron chi connectivity index (χ2n) is 28.7. The third-order valence-corrected chi connectivity index (χ3v) is 24.0. The molecule has 4 aliphatic heterocycles. The fourth-order valence-electron chi connectivity index (χ4n) is 18.8. The monoisotopic (exact) mass is 1320 g/mol. The number of rotatable bonds is 10. The maximum absolute atomic E-state index is 2.69. The molecule has 22 rings (SSSR count). The third-order valence-electron chi connectivity index (χ3n) is 22.8. The number of nitrogens with zero attached hydrogens (tertiary/aromatic N) is 6. The number of aromatic nitrogens is 4. The molecule has 0 saturated heterocycles. The fraction of sp³-hybridized carbons (Fsp3) is 0.0538. The molecule has 18 aromatic rings. The van der Waals surface area contributed by atoms with E-state index in [1.807, 2.05) is 11.8 Å². The Kier molecular flexibility index (Phi) is 12.3. The number of benzene rings is 14. The van der Waals surface area contributed by atoms with Gasteiger partial charge in [-0.3, -0.25) is 0 Å². The van der Waals surface area contributed by atoms with Gasteiger partial charge in [-0.25, -0.2) is 0 Å². The smallest absolute Gasteiger partial charge is 0.249 e. The van der Waals surface area contributed by atoms with Crippen molar-refractivity contribution in [2.45, 2.75) is 42.4 Å². The largest absolute Gasteiger partial charge is 0.310 e. The third kappa shape index (κ3) is 8.00. The van der Waals surface area contributed by atoms with E-state index in [2.05, 4.69) is 370 Å². The van der Waals surface area contributed by atoms with Gasteiger partial charge in [0.1, 0.15) is 0 Å². The van der Waals surface area contributed by atoms with Gasteiger partial charge in [0, 0.05) is 82.2 Å². The molecule has 8 heterocycles. The highest BCUT2D eigenvalue weighted by Crippen LogP contribution is 2.52. The molecule has 478 valence electrons. The summed E-state index contributed by atoms with van der Waals surface area (Å²) in [6, 6.07) is 121. The first-order chi connectivity index (χ1) is 50.3. The Morgan fingerprint density at radius 2 is 0.784 bits per heavy atom. The highest BCUT2D eigenvalue weighted by atomic mass is 32.2. The Labute approximate surface area is 596 Å². The van der Waals surface area contributed by atoms with Crippen LogP contribution in [0.4, 0.5) is 34.1 Å². The van der Waals surface area contributed by atoms with Crippen LogP contribution in [0.15, 0.2) is 331 Å². The average molecular weight is 1320 g/mol. The van der Waals surface area contributed by atoms with Gasteiger partial charge in [-0.15, -0.1) is 0 Å². The summed E-state index contributed by atoms with van der Waals surface area (Å²) in [5.41, 5.74) is 35.8. The van der Waals surface area contributed by atoms with Gasteiger partial charge < -0.3 is 28.1 Å². The van der Waals surface area contributed by atoms with Gasteiger partial charge in [0.05, 0.1) is 55.5 Å². The predicted molar refractivity (Wildman–Crippen MR) is 431 cm³/mol. The molecule has 0 aliphatic carbocycles. The van der Waals surface area contributed by atoms with Crippen LogP contribution in [-0.4, -0.2) is 31.7 Å². The number of hydrogen-bond donors (Lipinski definition) is 0. The zero-order chi connectivity index (χ0) is 67.2. The van der Waals surface area contributed by atoms with Crippen molar-refractivity contribution in [3.63, 3.8) is 0 Å². The molecule has 0 N–H and O–H groups in total. The van der Waals surface area contributed by atoms with Crippen LogP contribution in [0.1, 0.15) is 41.7 Å². The minimum Gasteiger partial charge on any atom is -0.310 e. The molecule has 0 saturated carbocycles. The van der Waals surface area contributed by atoms with Crippen LogP contribution >= 0.6 is 11.8 Å². The number of para-hydroxylation sites is 7. The number of fused-ring (bicyclic) bond motifs is 18. The van der Waals surface area contributed by atoms with Gasteiger partial charge in [-0.05, 0) is 184 Å². The topological polar surface area (TPSA) is 26.2 Å². The normalized spacial score (nSPS) is 13.5. The molecule has 102 heavy (non-hydrogen) atoms. The highest BCUT2D eigenvalue weighted by molar-refractivity contribution is 8.00. The number of aryl methyl sites for hydroxylation is 1.